The van der Waals surface area contributed by atoms with Gasteiger partial charge in [0.1, 0.15) is 0 Å². The molecule has 7 nitrogen and oxygen atoms in total. The minimum absolute atomic E-state index is 0.0272. The van der Waals surface area contributed by atoms with Crippen LogP contribution < -0.4 is 11.3 Å². The highest BCUT2D eigenvalue weighted by atomic mass is 32.2. The first kappa shape index (κ1) is 13.8. The van der Waals surface area contributed by atoms with E-state index in [4.69, 9.17) is 10.9 Å². The Kier molecular flexibility index (Phi) is 4.82. The minimum Gasteiger partial charge on any atom is -0.395 e. The van der Waals surface area contributed by atoms with E-state index in [1.54, 1.807) is 13.0 Å². The Morgan fingerprint density at radius 2 is 2.29 bits per heavy atom. The maximum Gasteiger partial charge on any atom is 0.262 e. The quantitative estimate of drug-likeness (QED) is 0.464. The molecule has 0 aromatic carbocycles. The molecule has 96 valence electrons. The Morgan fingerprint density at radius 1 is 1.59 bits per heavy atom. The van der Waals surface area contributed by atoms with Crippen LogP contribution in [-0.4, -0.2) is 42.5 Å². The second kappa shape index (κ2) is 5.92. The van der Waals surface area contributed by atoms with Gasteiger partial charge in [-0.15, -0.1) is 0 Å². The summed E-state index contributed by atoms with van der Waals surface area (Å²) >= 11 is 0. The van der Waals surface area contributed by atoms with Crippen LogP contribution in [0.1, 0.15) is 6.92 Å². The number of hydrogen-bond donors (Lipinski definition) is 3. The van der Waals surface area contributed by atoms with Gasteiger partial charge in [-0.2, -0.15) is 4.31 Å². The molecule has 0 amide bonds. The van der Waals surface area contributed by atoms with Gasteiger partial charge >= 0.3 is 0 Å². The number of anilines is 1. The third kappa shape index (κ3) is 2.91. The lowest BCUT2D eigenvalue weighted by Crippen LogP contribution is -2.34. The summed E-state index contributed by atoms with van der Waals surface area (Å²) in [5, 5.41) is 8.70. The fourth-order valence-corrected chi connectivity index (χ4v) is 2.89. The van der Waals surface area contributed by atoms with Crippen molar-refractivity contribution in [1.29, 1.82) is 0 Å². The van der Waals surface area contributed by atoms with E-state index >= 15 is 0 Å². The number of aliphatic hydroxyl groups excluding tert-OH is 1. The van der Waals surface area contributed by atoms with Crippen LogP contribution in [0, 0.1) is 0 Å². The van der Waals surface area contributed by atoms with E-state index < -0.39 is 10.0 Å². The fourth-order valence-electron chi connectivity index (χ4n) is 1.39. The Balaban J connectivity index is 3.20. The van der Waals surface area contributed by atoms with Gasteiger partial charge in [0.25, 0.3) is 10.0 Å². The normalized spacial score (nSPS) is 11.8. The molecule has 0 radical (unpaired) electrons. The largest absolute Gasteiger partial charge is 0.395 e. The lowest BCUT2D eigenvalue weighted by molar-refractivity contribution is 0.257. The standard InChI is InChI=1S/C9H16N4O3S/c1-2-13(6-7-14)17(15,16)9-8(12-10)4-3-5-11-9/h3-5,12,14H,2,6-7,10H2,1H3. The average Bonchev–Trinajstić information content (AvgIpc) is 2.35. The number of aliphatic hydroxyl groups is 1. The van der Waals surface area contributed by atoms with Crippen LogP contribution in [0.3, 0.4) is 0 Å². The van der Waals surface area contributed by atoms with Crippen molar-refractivity contribution in [2.75, 3.05) is 25.1 Å². The van der Waals surface area contributed by atoms with E-state index in [0.29, 0.717) is 0 Å². The summed E-state index contributed by atoms with van der Waals surface area (Å²) < 4.78 is 25.5. The number of hydrogen-bond acceptors (Lipinski definition) is 6. The molecule has 0 atom stereocenters. The first-order chi connectivity index (χ1) is 8.07. The number of rotatable bonds is 6. The van der Waals surface area contributed by atoms with Gasteiger partial charge in [0.05, 0.1) is 12.3 Å². The molecule has 1 rings (SSSR count). The van der Waals surface area contributed by atoms with Gasteiger partial charge in [-0.05, 0) is 12.1 Å². The topological polar surface area (TPSA) is 109 Å². The summed E-state index contributed by atoms with van der Waals surface area (Å²) in [6.45, 7) is 1.72. The van der Waals surface area contributed by atoms with E-state index in [9.17, 15) is 8.42 Å². The minimum atomic E-state index is -3.74. The highest BCUT2D eigenvalue weighted by molar-refractivity contribution is 7.89. The molecule has 0 aliphatic heterocycles. The van der Waals surface area contributed by atoms with Crippen molar-refractivity contribution in [2.24, 2.45) is 5.84 Å². The summed E-state index contributed by atoms with van der Waals surface area (Å²) in [4.78, 5) is 3.82. The van der Waals surface area contributed by atoms with E-state index in [1.165, 1.54) is 12.3 Å². The Labute approximate surface area is 100 Å². The van der Waals surface area contributed by atoms with Gasteiger partial charge in [0, 0.05) is 19.3 Å². The maximum atomic E-state index is 12.2. The molecule has 0 spiro atoms. The summed E-state index contributed by atoms with van der Waals surface area (Å²) in [5.41, 5.74) is 2.52. The van der Waals surface area contributed by atoms with Crippen LogP contribution in [0.5, 0.6) is 0 Å². The number of nitrogen functional groups attached to an aromatic ring is 1. The van der Waals surface area contributed by atoms with E-state index in [2.05, 4.69) is 10.4 Å². The highest BCUT2D eigenvalue weighted by Gasteiger charge is 2.26. The summed E-state index contributed by atoms with van der Waals surface area (Å²) in [5.74, 6) is 5.24. The van der Waals surface area contributed by atoms with Crippen LogP contribution in [-0.2, 0) is 10.0 Å². The van der Waals surface area contributed by atoms with Gasteiger partial charge < -0.3 is 10.5 Å². The zero-order valence-corrected chi connectivity index (χ0v) is 10.3. The molecule has 17 heavy (non-hydrogen) atoms. The lowest BCUT2D eigenvalue weighted by atomic mass is 10.4. The third-order valence-corrected chi connectivity index (χ3v) is 4.15. The van der Waals surface area contributed by atoms with Crippen LogP contribution in [0.2, 0.25) is 0 Å². The molecule has 1 heterocycles. The van der Waals surface area contributed by atoms with Crippen molar-refractivity contribution >= 4 is 15.7 Å². The van der Waals surface area contributed by atoms with E-state index in [-0.39, 0.29) is 30.4 Å². The third-order valence-electron chi connectivity index (χ3n) is 2.21. The molecular formula is C9H16N4O3S. The van der Waals surface area contributed by atoms with Crippen molar-refractivity contribution in [1.82, 2.24) is 9.29 Å². The molecule has 1 aromatic rings. The van der Waals surface area contributed by atoms with E-state index in [1.807, 2.05) is 0 Å². The molecule has 4 N–H and O–H groups in total. The van der Waals surface area contributed by atoms with Crippen molar-refractivity contribution in [3.05, 3.63) is 18.3 Å². The van der Waals surface area contributed by atoms with Gasteiger partial charge in [0.15, 0.2) is 5.03 Å². The first-order valence-corrected chi connectivity index (χ1v) is 6.54. The molecule has 0 aliphatic carbocycles. The smallest absolute Gasteiger partial charge is 0.262 e. The monoisotopic (exact) mass is 260 g/mol. The molecule has 0 bridgehead atoms. The van der Waals surface area contributed by atoms with Gasteiger partial charge in [-0.3, -0.25) is 5.84 Å². The molecule has 0 saturated carbocycles. The number of likely N-dealkylation sites (N-methyl/N-ethyl adjacent to an activating group) is 1. The SMILES string of the molecule is CCN(CCO)S(=O)(=O)c1ncccc1NN. The van der Waals surface area contributed by atoms with Gasteiger partial charge in [-0.25, -0.2) is 13.4 Å². The Morgan fingerprint density at radius 3 is 2.82 bits per heavy atom. The van der Waals surface area contributed by atoms with Gasteiger partial charge in [-0.1, -0.05) is 6.92 Å². The molecule has 1 aromatic heterocycles. The Bertz CT molecular complexity index is 463. The maximum absolute atomic E-state index is 12.2. The van der Waals surface area contributed by atoms with Crippen LogP contribution in [0.25, 0.3) is 0 Å². The fraction of sp³-hybridized carbons (Fsp3) is 0.444. The van der Waals surface area contributed by atoms with Crippen molar-refractivity contribution in [3.8, 4) is 0 Å². The first-order valence-electron chi connectivity index (χ1n) is 5.10. The predicted octanol–water partition coefficient (Wildman–Crippen LogP) is -0.630. The number of pyridine rings is 1. The second-order valence-corrected chi connectivity index (χ2v) is 5.07. The molecule has 8 heteroatoms. The zero-order chi connectivity index (χ0) is 12.9. The van der Waals surface area contributed by atoms with Gasteiger partial charge in [0.2, 0.25) is 0 Å². The molecular weight excluding hydrogens is 244 g/mol. The van der Waals surface area contributed by atoms with Crippen molar-refractivity contribution < 1.29 is 13.5 Å². The zero-order valence-electron chi connectivity index (χ0n) is 9.50. The predicted molar refractivity (Wildman–Crippen MR) is 63.6 cm³/mol. The summed E-state index contributed by atoms with van der Waals surface area (Å²) in [7, 11) is -3.74. The number of aromatic nitrogens is 1. The number of sulfonamides is 1. The van der Waals surface area contributed by atoms with Crippen molar-refractivity contribution in [2.45, 2.75) is 11.9 Å². The number of nitrogens with one attached hydrogen (secondary N) is 1. The number of nitrogens with two attached hydrogens (primary N) is 1. The lowest BCUT2D eigenvalue weighted by Gasteiger charge is -2.19. The van der Waals surface area contributed by atoms with Crippen LogP contribution in [0.4, 0.5) is 5.69 Å². The summed E-state index contributed by atoms with van der Waals surface area (Å²) in [6, 6.07) is 3.10. The van der Waals surface area contributed by atoms with Crippen molar-refractivity contribution in [3.63, 3.8) is 0 Å². The molecule has 0 fully saturated rings. The van der Waals surface area contributed by atoms with E-state index in [0.717, 1.165) is 4.31 Å². The highest BCUT2D eigenvalue weighted by Crippen LogP contribution is 2.20. The second-order valence-electron chi connectivity index (χ2n) is 3.22. The molecule has 0 unspecified atom stereocenters. The molecule has 0 saturated heterocycles. The van der Waals surface area contributed by atoms with Crippen LogP contribution >= 0.6 is 0 Å². The number of nitrogens with zero attached hydrogens (tertiary/aromatic N) is 2. The average molecular weight is 260 g/mol. The number of hydrazine groups is 1. The summed E-state index contributed by atoms with van der Waals surface area (Å²) in [6.07, 6.45) is 1.38. The van der Waals surface area contributed by atoms with Crippen LogP contribution in [0.15, 0.2) is 23.4 Å². The molecule has 0 aliphatic rings. The Hall–Kier alpha value is -1.22.